The van der Waals surface area contributed by atoms with Crippen LogP contribution in [-0.2, 0) is 21.7 Å². The number of fused-ring (bicyclic) bond motifs is 5. The first-order chi connectivity index (χ1) is 14.3. The van der Waals surface area contributed by atoms with E-state index in [1.807, 2.05) is 12.1 Å². The Balaban J connectivity index is 1.84. The van der Waals surface area contributed by atoms with Crippen molar-refractivity contribution in [3.05, 3.63) is 62.9 Å². The minimum Gasteiger partial charge on any atom is -0.458 e. The number of pyridine rings is 2. The summed E-state index contributed by atoms with van der Waals surface area (Å²) in [5.41, 5.74) is 2.73. The molecule has 0 saturated carbocycles. The first-order valence-electron chi connectivity index (χ1n) is 10.0. The summed E-state index contributed by atoms with van der Waals surface area (Å²) in [4.78, 5) is 30.3. The van der Waals surface area contributed by atoms with Gasteiger partial charge in [-0.05, 0) is 30.0 Å². The number of nitrogens with zero attached hydrogens (tertiary/aromatic N) is 2. The zero-order valence-electron chi connectivity index (χ0n) is 16.9. The highest BCUT2D eigenvalue weighted by molar-refractivity contribution is 9.09. The van der Waals surface area contributed by atoms with Crippen molar-refractivity contribution in [2.75, 3.05) is 0 Å². The Hall–Kier alpha value is -2.51. The molecule has 0 aliphatic carbocycles. The predicted molar refractivity (Wildman–Crippen MR) is 117 cm³/mol. The lowest BCUT2D eigenvalue weighted by molar-refractivity contribution is -0.172. The van der Waals surface area contributed by atoms with Crippen molar-refractivity contribution in [2.24, 2.45) is 0 Å². The minimum atomic E-state index is -1.83. The molecule has 2 aromatic heterocycles. The van der Waals surface area contributed by atoms with Gasteiger partial charge in [-0.2, -0.15) is 0 Å². The van der Waals surface area contributed by atoms with Gasteiger partial charge in [-0.25, -0.2) is 9.78 Å². The molecule has 1 N–H and O–H groups in total. The fraction of sp³-hybridized carbons (Fsp3) is 0.348. The van der Waals surface area contributed by atoms with Crippen LogP contribution in [0, 0.1) is 0 Å². The minimum absolute atomic E-state index is 0.120. The molecule has 6 nitrogen and oxygen atoms in total. The van der Waals surface area contributed by atoms with Gasteiger partial charge in [-0.1, -0.05) is 54.9 Å². The van der Waals surface area contributed by atoms with Crippen LogP contribution >= 0.6 is 15.9 Å². The smallest absolute Gasteiger partial charge is 0.343 e. The van der Waals surface area contributed by atoms with Crippen LogP contribution in [-0.4, -0.2) is 20.6 Å². The van der Waals surface area contributed by atoms with Gasteiger partial charge in [0.15, 0.2) is 5.60 Å². The molecule has 2 atom stereocenters. The van der Waals surface area contributed by atoms with E-state index in [1.54, 1.807) is 17.6 Å². The third-order valence-electron chi connectivity index (χ3n) is 6.24. The second-order valence-corrected chi connectivity index (χ2v) is 9.09. The number of cyclic esters (lactones) is 1. The molecule has 2 aliphatic rings. The van der Waals surface area contributed by atoms with Crippen molar-refractivity contribution in [2.45, 2.75) is 50.3 Å². The standard InChI is InChI=1S/C23H21BrN2O4/c1-4-23(29)16-9-17-19-14(8-12-6-5-7-13(11(2)3)18(12)25-19)20(24)26(17)21(27)15(16)10-30-22(23)28/h5-9,11,20,29H,4,10H2,1-3H3/t20?,23-/m0/s1. The van der Waals surface area contributed by atoms with Gasteiger partial charge in [0.2, 0.25) is 0 Å². The number of hydrogen-bond donors (Lipinski definition) is 1. The largest absolute Gasteiger partial charge is 0.458 e. The quantitative estimate of drug-likeness (QED) is 0.452. The average molecular weight is 469 g/mol. The van der Waals surface area contributed by atoms with Crippen molar-refractivity contribution >= 4 is 32.8 Å². The lowest BCUT2D eigenvalue weighted by Gasteiger charge is -2.31. The molecule has 1 aromatic carbocycles. The van der Waals surface area contributed by atoms with Crippen LogP contribution in [0.3, 0.4) is 0 Å². The highest BCUT2D eigenvalue weighted by atomic mass is 79.9. The van der Waals surface area contributed by atoms with E-state index in [0.29, 0.717) is 28.4 Å². The van der Waals surface area contributed by atoms with Gasteiger partial charge in [0.1, 0.15) is 11.6 Å². The lowest BCUT2D eigenvalue weighted by Crippen LogP contribution is -2.44. The van der Waals surface area contributed by atoms with E-state index < -0.39 is 11.6 Å². The summed E-state index contributed by atoms with van der Waals surface area (Å²) in [5, 5.41) is 12.0. The van der Waals surface area contributed by atoms with Crippen LogP contribution in [0.5, 0.6) is 0 Å². The summed E-state index contributed by atoms with van der Waals surface area (Å²) < 4.78 is 6.76. The second kappa shape index (κ2) is 6.49. The summed E-state index contributed by atoms with van der Waals surface area (Å²) in [7, 11) is 0. The normalized spacial score (nSPS) is 22.1. The molecule has 4 heterocycles. The molecule has 5 rings (SSSR count). The first kappa shape index (κ1) is 19.5. The van der Waals surface area contributed by atoms with Gasteiger partial charge >= 0.3 is 5.97 Å². The van der Waals surface area contributed by atoms with E-state index in [1.165, 1.54) is 0 Å². The number of ether oxygens (including phenoxy) is 1. The SMILES string of the molecule is CC[C@@]1(O)C(=O)OCc2c1cc1n(c2=O)C(Br)c2cc3cccc(C(C)C)c3nc2-1. The van der Waals surface area contributed by atoms with Gasteiger partial charge in [0, 0.05) is 16.5 Å². The highest BCUT2D eigenvalue weighted by Crippen LogP contribution is 2.45. The number of esters is 1. The monoisotopic (exact) mass is 468 g/mol. The van der Waals surface area contributed by atoms with Gasteiger partial charge in [0.25, 0.3) is 5.56 Å². The van der Waals surface area contributed by atoms with Crippen molar-refractivity contribution in [3.63, 3.8) is 0 Å². The Morgan fingerprint density at radius 2 is 2.10 bits per heavy atom. The topological polar surface area (TPSA) is 81.4 Å². The molecule has 0 saturated heterocycles. The van der Waals surface area contributed by atoms with Crippen LogP contribution in [0.15, 0.2) is 35.1 Å². The molecular formula is C23H21BrN2O4. The van der Waals surface area contributed by atoms with E-state index >= 15 is 0 Å². The third kappa shape index (κ3) is 2.42. The van der Waals surface area contributed by atoms with E-state index in [9.17, 15) is 14.7 Å². The number of para-hydroxylation sites is 1. The van der Waals surface area contributed by atoms with Crippen molar-refractivity contribution in [1.82, 2.24) is 9.55 Å². The van der Waals surface area contributed by atoms with Crippen LogP contribution < -0.4 is 5.56 Å². The van der Waals surface area contributed by atoms with Crippen LogP contribution in [0.4, 0.5) is 0 Å². The maximum Gasteiger partial charge on any atom is 0.343 e. The van der Waals surface area contributed by atoms with E-state index in [4.69, 9.17) is 9.72 Å². The van der Waals surface area contributed by atoms with Crippen LogP contribution in [0.1, 0.15) is 60.3 Å². The zero-order chi connectivity index (χ0) is 21.4. The molecule has 2 aliphatic heterocycles. The van der Waals surface area contributed by atoms with E-state index in [-0.39, 0.29) is 23.5 Å². The maximum atomic E-state index is 13.4. The summed E-state index contributed by atoms with van der Waals surface area (Å²) in [6.07, 6.45) is 0.120. The molecule has 0 amide bonds. The fourth-order valence-corrected chi connectivity index (χ4v) is 5.27. The van der Waals surface area contributed by atoms with Gasteiger partial charge < -0.3 is 9.84 Å². The van der Waals surface area contributed by atoms with E-state index in [2.05, 4.69) is 41.9 Å². The van der Waals surface area contributed by atoms with Crippen LogP contribution in [0.2, 0.25) is 0 Å². The second-order valence-electron chi connectivity index (χ2n) is 8.22. The van der Waals surface area contributed by atoms with E-state index in [0.717, 1.165) is 22.0 Å². The van der Waals surface area contributed by atoms with Crippen molar-refractivity contribution in [1.29, 1.82) is 0 Å². The molecule has 0 bridgehead atoms. The Labute approximate surface area is 181 Å². The number of carbonyl (C=O) groups is 1. The summed E-state index contributed by atoms with van der Waals surface area (Å²) in [5.74, 6) is -0.421. The van der Waals surface area contributed by atoms with Crippen LogP contribution in [0.25, 0.3) is 22.3 Å². The number of alkyl halides is 1. The number of hydrogen-bond acceptors (Lipinski definition) is 5. The number of aliphatic hydroxyl groups is 1. The number of benzene rings is 1. The Kier molecular flexibility index (Phi) is 4.21. The molecule has 0 fully saturated rings. The molecule has 0 radical (unpaired) electrons. The maximum absolute atomic E-state index is 13.4. The fourth-order valence-electron chi connectivity index (χ4n) is 4.51. The third-order valence-corrected chi connectivity index (χ3v) is 7.14. The number of halogens is 1. The predicted octanol–water partition coefficient (Wildman–Crippen LogP) is 4.10. The van der Waals surface area contributed by atoms with Gasteiger partial charge in [-0.15, -0.1) is 0 Å². The molecule has 154 valence electrons. The molecule has 1 unspecified atom stereocenters. The highest BCUT2D eigenvalue weighted by Gasteiger charge is 2.46. The summed E-state index contributed by atoms with van der Waals surface area (Å²) >= 11 is 3.66. The number of aromatic nitrogens is 2. The Bertz CT molecular complexity index is 1300. The number of carbonyl (C=O) groups excluding carboxylic acids is 1. The van der Waals surface area contributed by atoms with Gasteiger partial charge in [-0.3, -0.25) is 9.36 Å². The van der Waals surface area contributed by atoms with Crippen molar-refractivity contribution in [3.8, 4) is 11.4 Å². The molecule has 30 heavy (non-hydrogen) atoms. The zero-order valence-corrected chi connectivity index (χ0v) is 18.5. The summed E-state index contributed by atoms with van der Waals surface area (Å²) in [6.45, 7) is 5.80. The molecular weight excluding hydrogens is 448 g/mol. The number of rotatable bonds is 2. The first-order valence-corrected chi connectivity index (χ1v) is 11.0. The Morgan fingerprint density at radius 3 is 2.80 bits per heavy atom. The average Bonchev–Trinajstić information content (AvgIpc) is 3.00. The van der Waals surface area contributed by atoms with Gasteiger partial charge in [0.05, 0.1) is 22.5 Å². The molecule has 0 spiro atoms. The molecule has 7 heteroatoms. The summed E-state index contributed by atoms with van der Waals surface area (Å²) in [6, 6.07) is 9.90. The van der Waals surface area contributed by atoms with Crippen molar-refractivity contribution < 1.29 is 14.6 Å². The molecule has 3 aromatic rings. The Morgan fingerprint density at radius 1 is 1.33 bits per heavy atom. The lowest BCUT2D eigenvalue weighted by atomic mass is 9.86.